The molecule has 0 aliphatic rings. The van der Waals surface area contributed by atoms with Gasteiger partial charge in [-0.1, -0.05) is 48.0 Å². The Kier molecular flexibility index (Phi) is 3.76. The van der Waals surface area contributed by atoms with Gasteiger partial charge >= 0.3 is 0 Å². The minimum Gasteiger partial charge on any atom is -0.322 e. The maximum absolute atomic E-state index is 12.7. The standard InChI is InChI=1S/C24H17N3O/c1-15-6-10-18(11-7-15)25-24(28)17-9-12-20-22(14-17)27-23-19-5-3-2-4-16(19)8-13-21(23)26-20/h2-14H,1H3,(H,25,28). The number of amides is 1. The lowest BCUT2D eigenvalue weighted by molar-refractivity contribution is 0.102. The van der Waals surface area contributed by atoms with Crippen molar-refractivity contribution < 1.29 is 4.79 Å². The van der Waals surface area contributed by atoms with E-state index in [-0.39, 0.29) is 5.91 Å². The molecule has 0 spiro atoms. The molecule has 4 heteroatoms. The molecule has 4 aromatic carbocycles. The van der Waals surface area contributed by atoms with Gasteiger partial charge < -0.3 is 5.32 Å². The molecule has 0 bridgehead atoms. The van der Waals surface area contributed by atoms with Gasteiger partial charge in [-0.15, -0.1) is 0 Å². The second-order valence-electron chi connectivity index (χ2n) is 6.90. The minimum absolute atomic E-state index is 0.162. The molecule has 5 rings (SSSR count). The lowest BCUT2D eigenvalue weighted by Gasteiger charge is -2.08. The summed E-state index contributed by atoms with van der Waals surface area (Å²) >= 11 is 0. The molecule has 1 heterocycles. The molecule has 0 saturated heterocycles. The van der Waals surface area contributed by atoms with Crippen molar-refractivity contribution in [1.29, 1.82) is 0 Å². The zero-order chi connectivity index (χ0) is 19.1. The van der Waals surface area contributed by atoms with Crippen LogP contribution >= 0.6 is 0 Å². The maximum Gasteiger partial charge on any atom is 0.255 e. The summed E-state index contributed by atoms with van der Waals surface area (Å²) in [7, 11) is 0. The Morgan fingerprint density at radius 3 is 2.43 bits per heavy atom. The first kappa shape index (κ1) is 16.4. The van der Waals surface area contributed by atoms with Crippen molar-refractivity contribution >= 4 is 44.4 Å². The van der Waals surface area contributed by atoms with Gasteiger partial charge in [0.1, 0.15) is 0 Å². The first-order valence-corrected chi connectivity index (χ1v) is 9.15. The van der Waals surface area contributed by atoms with Gasteiger partial charge in [-0.25, -0.2) is 9.97 Å². The van der Waals surface area contributed by atoms with E-state index in [1.54, 1.807) is 12.1 Å². The van der Waals surface area contributed by atoms with Crippen molar-refractivity contribution in [1.82, 2.24) is 9.97 Å². The zero-order valence-electron chi connectivity index (χ0n) is 15.3. The molecule has 0 fully saturated rings. The summed E-state index contributed by atoms with van der Waals surface area (Å²) in [6.45, 7) is 2.02. The van der Waals surface area contributed by atoms with Crippen LogP contribution < -0.4 is 5.32 Å². The fraction of sp³-hybridized carbons (Fsp3) is 0.0417. The van der Waals surface area contributed by atoms with E-state index in [1.807, 2.05) is 61.5 Å². The second kappa shape index (κ2) is 6.43. The molecule has 28 heavy (non-hydrogen) atoms. The molecular formula is C24H17N3O. The van der Waals surface area contributed by atoms with Gasteiger partial charge in [0, 0.05) is 16.6 Å². The van der Waals surface area contributed by atoms with Gasteiger partial charge in [-0.05, 0) is 48.7 Å². The Labute approximate surface area is 161 Å². The Hall–Kier alpha value is -3.79. The number of fused-ring (bicyclic) bond motifs is 4. The zero-order valence-corrected chi connectivity index (χ0v) is 15.3. The van der Waals surface area contributed by atoms with Gasteiger partial charge in [0.25, 0.3) is 5.91 Å². The van der Waals surface area contributed by atoms with E-state index in [4.69, 9.17) is 9.97 Å². The highest BCUT2D eigenvalue weighted by Gasteiger charge is 2.10. The third kappa shape index (κ3) is 2.85. The Bertz CT molecular complexity index is 1360. The number of carbonyl (C=O) groups is 1. The Morgan fingerprint density at radius 2 is 1.57 bits per heavy atom. The van der Waals surface area contributed by atoms with Crippen LogP contribution in [-0.4, -0.2) is 15.9 Å². The van der Waals surface area contributed by atoms with Crippen molar-refractivity contribution in [2.24, 2.45) is 0 Å². The molecule has 1 amide bonds. The fourth-order valence-corrected chi connectivity index (χ4v) is 3.39. The summed E-state index contributed by atoms with van der Waals surface area (Å²) in [5, 5.41) is 5.11. The highest BCUT2D eigenvalue weighted by Crippen LogP contribution is 2.25. The monoisotopic (exact) mass is 363 g/mol. The number of carbonyl (C=O) groups excluding carboxylic acids is 1. The maximum atomic E-state index is 12.7. The highest BCUT2D eigenvalue weighted by molar-refractivity contribution is 6.08. The summed E-state index contributed by atoms with van der Waals surface area (Å²) in [5.41, 5.74) is 5.66. The van der Waals surface area contributed by atoms with E-state index in [1.165, 1.54) is 0 Å². The molecule has 0 atom stereocenters. The minimum atomic E-state index is -0.162. The predicted molar refractivity (Wildman–Crippen MR) is 114 cm³/mol. The van der Waals surface area contributed by atoms with Crippen LogP contribution in [0.1, 0.15) is 15.9 Å². The molecule has 1 N–H and O–H groups in total. The average molecular weight is 363 g/mol. The summed E-state index contributed by atoms with van der Waals surface area (Å²) in [6, 6.07) is 25.3. The first-order chi connectivity index (χ1) is 13.7. The van der Waals surface area contributed by atoms with Crippen molar-refractivity contribution in [3.63, 3.8) is 0 Å². The fourth-order valence-electron chi connectivity index (χ4n) is 3.39. The van der Waals surface area contributed by atoms with E-state index in [2.05, 4.69) is 17.4 Å². The molecule has 5 aromatic rings. The van der Waals surface area contributed by atoms with Crippen molar-refractivity contribution in [3.8, 4) is 0 Å². The molecule has 0 saturated carbocycles. The second-order valence-corrected chi connectivity index (χ2v) is 6.90. The molecule has 0 unspecified atom stereocenters. The molecule has 0 aliphatic heterocycles. The summed E-state index contributed by atoms with van der Waals surface area (Å²) in [6.07, 6.45) is 0. The van der Waals surface area contributed by atoms with Gasteiger partial charge in [-0.3, -0.25) is 4.79 Å². The topological polar surface area (TPSA) is 54.9 Å². The summed E-state index contributed by atoms with van der Waals surface area (Å²) < 4.78 is 0. The predicted octanol–water partition coefficient (Wildman–Crippen LogP) is 5.50. The molecule has 134 valence electrons. The Balaban J connectivity index is 1.59. The quantitative estimate of drug-likeness (QED) is 0.333. The molecule has 4 nitrogen and oxygen atoms in total. The normalized spacial score (nSPS) is 11.2. The van der Waals surface area contributed by atoms with Crippen LogP contribution in [0.5, 0.6) is 0 Å². The van der Waals surface area contributed by atoms with E-state index in [0.29, 0.717) is 11.1 Å². The molecular weight excluding hydrogens is 346 g/mol. The van der Waals surface area contributed by atoms with Crippen LogP contribution in [-0.2, 0) is 0 Å². The third-order valence-corrected chi connectivity index (χ3v) is 4.90. The lowest BCUT2D eigenvalue weighted by atomic mass is 10.1. The number of hydrogen-bond acceptors (Lipinski definition) is 3. The number of nitrogens with one attached hydrogen (secondary N) is 1. The van der Waals surface area contributed by atoms with Crippen molar-refractivity contribution in [3.05, 3.63) is 90.0 Å². The number of rotatable bonds is 2. The van der Waals surface area contributed by atoms with Crippen molar-refractivity contribution in [2.45, 2.75) is 6.92 Å². The van der Waals surface area contributed by atoms with Crippen LogP contribution in [0.15, 0.2) is 78.9 Å². The number of nitrogens with zero attached hydrogens (tertiary/aromatic N) is 2. The molecule has 1 aromatic heterocycles. The highest BCUT2D eigenvalue weighted by atomic mass is 16.1. The van der Waals surface area contributed by atoms with E-state index >= 15 is 0 Å². The molecule has 0 radical (unpaired) electrons. The smallest absolute Gasteiger partial charge is 0.255 e. The third-order valence-electron chi connectivity index (χ3n) is 4.90. The number of aryl methyl sites for hydroxylation is 1. The Morgan fingerprint density at radius 1 is 0.786 bits per heavy atom. The summed E-state index contributed by atoms with van der Waals surface area (Å²) in [5.74, 6) is -0.162. The van der Waals surface area contributed by atoms with Crippen LogP contribution in [0.4, 0.5) is 5.69 Å². The van der Waals surface area contributed by atoms with Crippen molar-refractivity contribution in [2.75, 3.05) is 5.32 Å². The average Bonchev–Trinajstić information content (AvgIpc) is 2.73. The van der Waals surface area contributed by atoms with E-state index in [9.17, 15) is 4.79 Å². The van der Waals surface area contributed by atoms with E-state index < -0.39 is 0 Å². The SMILES string of the molecule is Cc1ccc(NC(=O)c2ccc3nc4ccc5ccccc5c4nc3c2)cc1. The van der Waals surface area contributed by atoms with Gasteiger partial charge in [0.05, 0.1) is 22.1 Å². The number of anilines is 1. The first-order valence-electron chi connectivity index (χ1n) is 9.15. The van der Waals surface area contributed by atoms with E-state index in [0.717, 1.165) is 38.6 Å². The van der Waals surface area contributed by atoms with Gasteiger partial charge in [-0.2, -0.15) is 0 Å². The van der Waals surface area contributed by atoms with Crippen LogP contribution in [0.3, 0.4) is 0 Å². The van der Waals surface area contributed by atoms with Gasteiger partial charge in [0.2, 0.25) is 0 Å². The van der Waals surface area contributed by atoms with Crippen LogP contribution in [0.2, 0.25) is 0 Å². The number of aromatic nitrogens is 2. The lowest BCUT2D eigenvalue weighted by Crippen LogP contribution is -2.11. The molecule has 0 aliphatic carbocycles. The van der Waals surface area contributed by atoms with Crippen LogP contribution in [0.25, 0.3) is 32.8 Å². The van der Waals surface area contributed by atoms with Gasteiger partial charge in [0.15, 0.2) is 0 Å². The number of benzene rings is 4. The number of hydrogen-bond donors (Lipinski definition) is 1. The summed E-state index contributed by atoms with van der Waals surface area (Å²) in [4.78, 5) is 22.2. The largest absolute Gasteiger partial charge is 0.322 e. The van der Waals surface area contributed by atoms with Crippen LogP contribution in [0, 0.1) is 6.92 Å².